The van der Waals surface area contributed by atoms with Crippen LogP contribution in [0.2, 0.25) is 5.02 Å². The third-order valence-electron chi connectivity index (χ3n) is 3.80. The molecule has 2 amide bonds. The first-order valence-electron chi connectivity index (χ1n) is 7.11. The van der Waals surface area contributed by atoms with Crippen LogP contribution in [0.3, 0.4) is 0 Å². The van der Waals surface area contributed by atoms with E-state index in [1.807, 2.05) is 31.2 Å². The molecule has 2 aromatic carbocycles. The number of carbonyl (C=O) groups is 1. The number of hydrogen-bond donors (Lipinski definition) is 0. The quantitative estimate of drug-likeness (QED) is 0.830. The topological polar surface area (TPSA) is 23.6 Å². The van der Waals surface area contributed by atoms with Crippen molar-refractivity contribution < 1.29 is 9.18 Å². The van der Waals surface area contributed by atoms with Gasteiger partial charge in [0.15, 0.2) is 0 Å². The highest BCUT2D eigenvalue weighted by Crippen LogP contribution is 2.26. The molecule has 5 heteroatoms. The number of rotatable bonds is 3. The van der Waals surface area contributed by atoms with E-state index in [2.05, 4.69) is 0 Å². The van der Waals surface area contributed by atoms with Gasteiger partial charge in [0.25, 0.3) is 0 Å². The Bertz CT molecular complexity index is 702. The van der Waals surface area contributed by atoms with Crippen LogP contribution in [-0.2, 0) is 6.54 Å². The summed E-state index contributed by atoms with van der Waals surface area (Å²) in [7, 11) is 0. The van der Waals surface area contributed by atoms with Crippen LogP contribution in [-0.4, -0.2) is 24.0 Å². The zero-order chi connectivity index (χ0) is 15.7. The van der Waals surface area contributed by atoms with E-state index in [1.54, 1.807) is 15.9 Å². The number of urea groups is 1. The number of anilines is 1. The second kappa shape index (κ2) is 5.97. The summed E-state index contributed by atoms with van der Waals surface area (Å²) in [5.41, 5.74) is 2.92. The van der Waals surface area contributed by atoms with Gasteiger partial charge in [0.05, 0.1) is 5.02 Å². The second-order valence-electron chi connectivity index (χ2n) is 5.44. The third-order valence-corrected chi connectivity index (χ3v) is 4.09. The Morgan fingerprint density at radius 3 is 2.55 bits per heavy atom. The summed E-state index contributed by atoms with van der Waals surface area (Å²) in [5.74, 6) is -0.478. The lowest BCUT2D eigenvalue weighted by Gasteiger charge is -2.19. The SMILES string of the molecule is Cc1ccc(CN2CCN(c3ccc(F)c(Cl)c3)C2=O)cc1. The van der Waals surface area contributed by atoms with Gasteiger partial charge in [-0.15, -0.1) is 0 Å². The highest BCUT2D eigenvalue weighted by Gasteiger charge is 2.29. The normalized spacial score (nSPS) is 14.8. The van der Waals surface area contributed by atoms with Crippen molar-refractivity contribution in [2.75, 3.05) is 18.0 Å². The molecule has 22 heavy (non-hydrogen) atoms. The summed E-state index contributed by atoms with van der Waals surface area (Å²) in [6, 6.07) is 12.4. The van der Waals surface area contributed by atoms with Gasteiger partial charge in [-0.1, -0.05) is 41.4 Å². The number of benzene rings is 2. The molecule has 1 aliphatic heterocycles. The molecule has 0 spiro atoms. The van der Waals surface area contributed by atoms with Crippen molar-refractivity contribution in [3.8, 4) is 0 Å². The van der Waals surface area contributed by atoms with Crippen molar-refractivity contribution in [1.82, 2.24) is 4.90 Å². The minimum atomic E-state index is -0.478. The molecule has 1 aliphatic rings. The largest absolute Gasteiger partial charge is 0.324 e. The molecule has 0 aromatic heterocycles. The molecule has 0 unspecified atom stereocenters. The molecule has 0 N–H and O–H groups in total. The molecule has 114 valence electrons. The van der Waals surface area contributed by atoms with Gasteiger partial charge >= 0.3 is 6.03 Å². The van der Waals surface area contributed by atoms with Crippen LogP contribution in [0.5, 0.6) is 0 Å². The number of aryl methyl sites for hydroxylation is 1. The van der Waals surface area contributed by atoms with Crippen LogP contribution < -0.4 is 4.90 Å². The molecular formula is C17H16ClFN2O. The van der Waals surface area contributed by atoms with Crippen LogP contribution in [0, 0.1) is 12.7 Å². The number of amides is 2. The first kappa shape index (κ1) is 14.9. The minimum Gasteiger partial charge on any atom is -0.318 e. The summed E-state index contributed by atoms with van der Waals surface area (Å²) >= 11 is 5.79. The fourth-order valence-electron chi connectivity index (χ4n) is 2.54. The van der Waals surface area contributed by atoms with Crippen molar-refractivity contribution in [2.45, 2.75) is 13.5 Å². The van der Waals surface area contributed by atoms with Crippen molar-refractivity contribution >= 4 is 23.3 Å². The maximum Gasteiger partial charge on any atom is 0.324 e. The number of halogens is 2. The third kappa shape index (κ3) is 2.92. The van der Waals surface area contributed by atoms with Crippen molar-refractivity contribution in [3.05, 3.63) is 64.4 Å². The first-order valence-corrected chi connectivity index (χ1v) is 7.49. The highest BCUT2D eigenvalue weighted by molar-refractivity contribution is 6.31. The van der Waals surface area contributed by atoms with E-state index >= 15 is 0 Å². The lowest BCUT2D eigenvalue weighted by Crippen LogP contribution is -2.31. The molecule has 3 nitrogen and oxygen atoms in total. The lowest BCUT2D eigenvalue weighted by molar-refractivity contribution is 0.219. The Balaban J connectivity index is 1.74. The van der Waals surface area contributed by atoms with Gasteiger partial charge in [-0.25, -0.2) is 9.18 Å². The first-order chi connectivity index (χ1) is 10.5. The summed E-state index contributed by atoms with van der Waals surface area (Å²) in [4.78, 5) is 15.9. The van der Waals surface area contributed by atoms with Crippen LogP contribution in [0.4, 0.5) is 14.9 Å². The van der Waals surface area contributed by atoms with Gasteiger partial charge < -0.3 is 4.90 Å². The van der Waals surface area contributed by atoms with Crippen LogP contribution >= 0.6 is 11.6 Å². The van der Waals surface area contributed by atoms with Crippen LogP contribution in [0.15, 0.2) is 42.5 Å². The molecule has 1 fully saturated rings. The Morgan fingerprint density at radius 1 is 1.14 bits per heavy atom. The number of hydrogen-bond acceptors (Lipinski definition) is 1. The molecule has 0 saturated carbocycles. The Kier molecular flexibility index (Phi) is 4.03. The molecular weight excluding hydrogens is 303 g/mol. The standard InChI is InChI=1S/C17H16ClFN2O/c1-12-2-4-13(5-3-12)11-20-8-9-21(17(20)22)14-6-7-16(19)15(18)10-14/h2-7,10H,8-9,11H2,1H3. The van der Waals surface area contributed by atoms with Crippen molar-refractivity contribution in [2.24, 2.45) is 0 Å². The fraction of sp³-hybridized carbons (Fsp3) is 0.235. The van der Waals surface area contributed by atoms with Gasteiger partial charge in [-0.3, -0.25) is 4.90 Å². The molecule has 0 atom stereocenters. The summed E-state index contributed by atoms with van der Waals surface area (Å²) in [5, 5.41) is 0.0299. The summed E-state index contributed by atoms with van der Waals surface area (Å²) < 4.78 is 13.2. The second-order valence-corrected chi connectivity index (χ2v) is 5.85. The van der Waals surface area contributed by atoms with E-state index in [9.17, 15) is 9.18 Å². The molecule has 2 aromatic rings. The lowest BCUT2D eigenvalue weighted by atomic mass is 10.1. The summed E-state index contributed by atoms with van der Waals surface area (Å²) in [6.07, 6.45) is 0. The fourth-order valence-corrected chi connectivity index (χ4v) is 2.71. The highest BCUT2D eigenvalue weighted by atomic mass is 35.5. The summed E-state index contributed by atoms with van der Waals surface area (Å²) in [6.45, 7) is 3.82. The Hall–Kier alpha value is -2.07. The van der Waals surface area contributed by atoms with E-state index in [-0.39, 0.29) is 11.1 Å². The van der Waals surface area contributed by atoms with Gasteiger partial charge in [-0.2, -0.15) is 0 Å². The average Bonchev–Trinajstić information content (AvgIpc) is 2.86. The Labute approximate surface area is 133 Å². The molecule has 3 rings (SSSR count). The van der Waals surface area contributed by atoms with Gasteiger partial charge in [-0.05, 0) is 30.7 Å². The predicted octanol–water partition coefficient (Wildman–Crippen LogP) is 4.23. The van der Waals surface area contributed by atoms with Crippen LogP contribution in [0.1, 0.15) is 11.1 Å². The van der Waals surface area contributed by atoms with Gasteiger partial charge in [0.2, 0.25) is 0 Å². The molecule has 1 saturated heterocycles. The molecule has 0 radical (unpaired) electrons. The van der Waals surface area contributed by atoms with E-state index in [4.69, 9.17) is 11.6 Å². The number of nitrogens with zero attached hydrogens (tertiary/aromatic N) is 2. The van der Waals surface area contributed by atoms with E-state index < -0.39 is 5.82 Å². The molecule has 0 bridgehead atoms. The van der Waals surface area contributed by atoms with Crippen LogP contribution in [0.25, 0.3) is 0 Å². The minimum absolute atomic E-state index is 0.0299. The van der Waals surface area contributed by atoms with Gasteiger partial charge in [0.1, 0.15) is 5.82 Å². The molecule has 0 aliphatic carbocycles. The predicted molar refractivity (Wildman–Crippen MR) is 85.7 cm³/mol. The average molecular weight is 319 g/mol. The van der Waals surface area contributed by atoms with Crippen molar-refractivity contribution in [1.29, 1.82) is 0 Å². The zero-order valence-corrected chi connectivity index (χ0v) is 13.0. The van der Waals surface area contributed by atoms with Crippen molar-refractivity contribution in [3.63, 3.8) is 0 Å². The van der Waals surface area contributed by atoms with E-state index in [0.29, 0.717) is 25.3 Å². The van der Waals surface area contributed by atoms with E-state index in [1.165, 1.54) is 17.7 Å². The van der Waals surface area contributed by atoms with Gasteiger partial charge in [0, 0.05) is 25.3 Å². The molecule has 1 heterocycles. The number of carbonyl (C=O) groups excluding carboxylic acids is 1. The maximum absolute atomic E-state index is 13.2. The smallest absolute Gasteiger partial charge is 0.318 e. The van der Waals surface area contributed by atoms with E-state index in [0.717, 1.165) is 5.56 Å². The maximum atomic E-state index is 13.2. The monoisotopic (exact) mass is 318 g/mol. The zero-order valence-electron chi connectivity index (χ0n) is 12.2. The Morgan fingerprint density at radius 2 is 1.86 bits per heavy atom.